The van der Waals surface area contributed by atoms with Crippen LogP contribution in [0.15, 0.2) is 59.9 Å². The molecule has 0 fully saturated rings. The molecule has 0 radical (unpaired) electrons. The van der Waals surface area contributed by atoms with E-state index in [9.17, 15) is 9.59 Å². The lowest BCUT2D eigenvalue weighted by Gasteiger charge is -2.18. The number of rotatable bonds is 6. The summed E-state index contributed by atoms with van der Waals surface area (Å²) in [5, 5.41) is 5.28. The lowest BCUT2D eigenvalue weighted by molar-refractivity contribution is -0.131. The second-order valence-corrected chi connectivity index (χ2v) is 8.50. The summed E-state index contributed by atoms with van der Waals surface area (Å²) in [6.07, 6.45) is 7.04. The second-order valence-electron chi connectivity index (χ2n) is 8.50. The Morgan fingerprint density at radius 3 is 2.51 bits per heavy atom. The minimum Gasteiger partial charge on any atom is -0.342 e. The number of carbonyl (C=O) groups excluding carboxylic acids is 1. The van der Waals surface area contributed by atoms with Crippen molar-refractivity contribution in [3.8, 4) is 16.9 Å². The standard InChI is InChI=1S/C26H27N7O2/c1-5-31(6-2)24(34)16-32-22-9-7-8-17(3)25(22)33(26(32)35)18-10-11-21(28-12-18)19-13-27-15-23-20(19)14-29-30(23)4/h7-15H,5-6,16H2,1-4H3. The van der Waals surface area contributed by atoms with Crippen LogP contribution in [0.3, 0.4) is 0 Å². The van der Waals surface area contributed by atoms with Gasteiger partial charge in [0.25, 0.3) is 0 Å². The van der Waals surface area contributed by atoms with E-state index >= 15 is 0 Å². The van der Waals surface area contributed by atoms with Crippen LogP contribution in [0, 0.1) is 6.92 Å². The third-order valence-corrected chi connectivity index (χ3v) is 6.52. The largest absolute Gasteiger partial charge is 0.342 e. The van der Waals surface area contributed by atoms with E-state index in [1.54, 1.807) is 43.5 Å². The summed E-state index contributed by atoms with van der Waals surface area (Å²) >= 11 is 0. The van der Waals surface area contributed by atoms with Gasteiger partial charge >= 0.3 is 5.69 Å². The van der Waals surface area contributed by atoms with Crippen molar-refractivity contribution >= 4 is 27.8 Å². The van der Waals surface area contributed by atoms with E-state index in [0.29, 0.717) is 18.8 Å². The molecule has 4 heterocycles. The van der Waals surface area contributed by atoms with E-state index in [4.69, 9.17) is 0 Å². The summed E-state index contributed by atoms with van der Waals surface area (Å²) in [6.45, 7) is 7.04. The van der Waals surface area contributed by atoms with E-state index in [1.807, 2.05) is 58.2 Å². The molecule has 1 aromatic carbocycles. The monoisotopic (exact) mass is 469 g/mol. The lowest BCUT2D eigenvalue weighted by Crippen LogP contribution is -2.36. The minimum atomic E-state index is -0.264. The van der Waals surface area contributed by atoms with Crippen LogP contribution < -0.4 is 5.69 Å². The summed E-state index contributed by atoms with van der Waals surface area (Å²) in [7, 11) is 1.87. The number of para-hydroxylation sites is 1. The van der Waals surface area contributed by atoms with Gasteiger partial charge in [-0.3, -0.25) is 28.6 Å². The molecule has 4 aromatic heterocycles. The molecular weight excluding hydrogens is 442 g/mol. The number of aryl methyl sites for hydroxylation is 2. The highest BCUT2D eigenvalue weighted by atomic mass is 16.2. The van der Waals surface area contributed by atoms with Gasteiger partial charge in [0.2, 0.25) is 5.91 Å². The maximum Gasteiger partial charge on any atom is 0.334 e. The summed E-state index contributed by atoms with van der Waals surface area (Å²) in [6, 6.07) is 9.51. The first-order valence-electron chi connectivity index (χ1n) is 11.7. The molecule has 0 saturated carbocycles. The minimum absolute atomic E-state index is 0.00630. The van der Waals surface area contributed by atoms with Crippen LogP contribution >= 0.6 is 0 Å². The average Bonchev–Trinajstić information content (AvgIpc) is 3.38. The number of hydrogen-bond acceptors (Lipinski definition) is 5. The molecule has 0 saturated heterocycles. The number of carbonyl (C=O) groups is 1. The fourth-order valence-electron chi connectivity index (χ4n) is 4.62. The Hall–Kier alpha value is -4.27. The van der Waals surface area contributed by atoms with E-state index < -0.39 is 0 Å². The molecular formula is C26H27N7O2. The van der Waals surface area contributed by atoms with Crippen LogP contribution in [0.4, 0.5) is 0 Å². The second kappa shape index (κ2) is 8.83. The van der Waals surface area contributed by atoms with Crippen LogP contribution in [0.25, 0.3) is 38.9 Å². The number of pyridine rings is 2. The molecule has 0 atom stereocenters. The first kappa shape index (κ1) is 22.5. The number of nitrogens with zero attached hydrogens (tertiary/aromatic N) is 7. The van der Waals surface area contributed by atoms with Gasteiger partial charge in [-0.2, -0.15) is 5.10 Å². The smallest absolute Gasteiger partial charge is 0.334 e. The Balaban J connectivity index is 1.61. The van der Waals surface area contributed by atoms with Crippen molar-refractivity contribution < 1.29 is 4.79 Å². The molecule has 35 heavy (non-hydrogen) atoms. The van der Waals surface area contributed by atoms with Crippen LogP contribution in [-0.2, 0) is 18.4 Å². The van der Waals surface area contributed by atoms with Crippen LogP contribution in [0.5, 0.6) is 0 Å². The summed E-state index contributed by atoms with van der Waals surface area (Å²) in [5.41, 5.74) is 5.35. The van der Waals surface area contributed by atoms with Crippen molar-refractivity contribution in [2.45, 2.75) is 27.3 Å². The fourth-order valence-corrected chi connectivity index (χ4v) is 4.62. The van der Waals surface area contributed by atoms with Gasteiger partial charge in [-0.1, -0.05) is 12.1 Å². The zero-order valence-corrected chi connectivity index (χ0v) is 20.3. The van der Waals surface area contributed by atoms with Gasteiger partial charge in [0.05, 0.1) is 46.5 Å². The summed E-state index contributed by atoms with van der Waals surface area (Å²) < 4.78 is 4.97. The molecule has 0 unspecified atom stereocenters. The Morgan fingerprint density at radius 2 is 1.80 bits per heavy atom. The molecule has 0 aliphatic carbocycles. The predicted octanol–water partition coefficient (Wildman–Crippen LogP) is 3.31. The van der Waals surface area contributed by atoms with Crippen LogP contribution in [-0.4, -0.2) is 52.8 Å². The van der Waals surface area contributed by atoms with Crippen molar-refractivity contribution in [3.05, 3.63) is 71.2 Å². The molecule has 0 spiro atoms. The number of likely N-dealkylation sites (N-methyl/N-ethyl adjacent to an activating group) is 1. The number of amides is 1. The fraction of sp³-hybridized carbons (Fsp3) is 0.269. The van der Waals surface area contributed by atoms with Gasteiger partial charge in [-0.05, 0) is 44.5 Å². The summed E-state index contributed by atoms with van der Waals surface area (Å²) in [4.78, 5) is 37.2. The van der Waals surface area contributed by atoms with Crippen molar-refractivity contribution in [1.29, 1.82) is 0 Å². The lowest BCUT2D eigenvalue weighted by atomic mass is 10.1. The highest BCUT2D eigenvalue weighted by molar-refractivity contribution is 5.92. The first-order valence-corrected chi connectivity index (χ1v) is 11.7. The zero-order valence-electron chi connectivity index (χ0n) is 20.3. The van der Waals surface area contributed by atoms with Gasteiger partial charge < -0.3 is 4.90 Å². The number of fused-ring (bicyclic) bond motifs is 2. The predicted molar refractivity (Wildman–Crippen MR) is 135 cm³/mol. The molecule has 9 nitrogen and oxygen atoms in total. The van der Waals surface area contributed by atoms with Gasteiger partial charge in [0.1, 0.15) is 6.54 Å². The van der Waals surface area contributed by atoms with Crippen molar-refractivity contribution in [2.24, 2.45) is 7.05 Å². The molecule has 9 heteroatoms. The Kier molecular flexibility index (Phi) is 5.68. The molecule has 0 bridgehead atoms. The number of imidazole rings is 1. The molecule has 0 aliphatic heterocycles. The van der Waals surface area contributed by atoms with Crippen molar-refractivity contribution in [1.82, 2.24) is 33.8 Å². The Labute approximate surface area is 202 Å². The molecule has 178 valence electrons. The zero-order chi connectivity index (χ0) is 24.7. The van der Waals surface area contributed by atoms with Crippen LogP contribution in [0.2, 0.25) is 0 Å². The third kappa shape index (κ3) is 3.69. The number of aromatic nitrogens is 6. The topological polar surface area (TPSA) is 90.8 Å². The maximum absolute atomic E-state index is 13.6. The maximum atomic E-state index is 13.6. The van der Waals surface area contributed by atoms with Gasteiger partial charge in [0, 0.05) is 37.3 Å². The quantitative estimate of drug-likeness (QED) is 0.381. The van der Waals surface area contributed by atoms with E-state index in [0.717, 1.165) is 38.8 Å². The number of hydrogen-bond donors (Lipinski definition) is 0. The van der Waals surface area contributed by atoms with Gasteiger partial charge in [-0.25, -0.2) is 4.79 Å². The van der Waals surface area contributed by atoms with Crippen molar-refractivity contribution in [2.75, 3.05) is 13.1 Å². The van der Waals surface area contributed by atoms with Gasteiger partial charge in [0.15, 0.2) is 0 Å². The first-order chi connectivity index (χ1) is 16.9. The van der Waals surface area contributed by atoms with E-state index in [-0.39, 0.29) is 18.1 Å². The molecule has 1 amide bonds. The summed E-state index contributed by atoms with van der Waals surface area (Å²) in [5.74, 6) is -0.0804. The van der Waals surface area contributed by atoms with Crippen molar-refractivity contribution in [3.63, 3.8) is 0 Å². The Morgan fingerprint density at radius 1 is 1.00 bits per heavy atom. The van der Waals surface area contributed by atoms with E-state index in [2.05, 4.69) is 15.1 Å². The van der Waals surface area contributed by atoms with E-state index in [1.165, 1.54) is 0 Å². The van der Waals surface area contributed by atoms with Gasteiger partial charge in [-0.15, -0.1) is 0 Å². The molecule has 0 N–H and O–H groups in total. The van der Waals surface area contributed by atoms with Crippen LogP contribution in [0.1, 0.15) is 19.4 Å². The normalized spacial score (nSPS) is 11.4. The molecule has 0 aliphatic rings. The number of benzene rings is 1. The molecule has 5 aromatic rings. The Bertz CT molecular complexity index is 1610. The average molecular weight is 470 g/mol. The highest BCUT2D eigenvalue weighted by Crippen LogP contribution is 2.27. The highest BCUT2D eigenvalue weighted by Gasteiger charge is 2.20. The molecule has 5 rings (SSSR count). The SMILES string of the molecule is CCN(CC)C(=O)Cn1c(=O)n(-c2ccc(-c3cncc4c3cnn4C)nc2)c2c(C)cccc21. The third-order valence-electron chi connectivity index (χ3n) is 6.52.